The smallest absolute Gasteiger partial charge is 0.293 e. The van der Waals surface area contributed by atoms with Crippen LogP contribution in [0.5, 0.6) is 0 Å². The first kappa shape index (κ1) is 21.5. The Labute approximate surface area is 203 Å². The Bertz CT molecular complexity index is 1410. The van der Waals surface area contributed by atoms with E-state index in [0.717, 1.165) is 29.6 Å². The molecule has 7 heteroatoms. The quantitative estimate of drug-likeness (QED) is 0.437. The van der Waals surface area contributed by atoms with E-state index in [2.05, 4.69) is 17.3 Å². The maximum Gasteiger partial charge on any atom is 0.293 e. The van der Waals surface area contributed by atoms with Gasteiger partial charge in [-0.1, -0.05) is 41.6 Å². The van der Waals surface area contributed by atoms with E-state index in [0.29, 0.717) is 37.3 Å². The second-order valence-corrected chi connectivity index (χ2v) is 9.41. The molecule has 7 nitrogen and oxygen atoms in total. The van der Waals surface area contributed by atoms with Gasteiger partial charge in [0.25, 0.3) is 11.8 Å². The molecule has 1 fully saturated rings. The van der Waals surface area contributed by atoms with Crippen LogP contribution in [0, 0.1) is 6.92 Å². The number of benzene rings is 2. The van der Waals surface area contributed by atoms with Crippen molar-refractivity contribution in [3.63, 3.8) is 0 Å². The number of hydrogen-bond donors (Lipinski definition) is 0. The highest BCUT2D eigenvalue weighted by Gasteiger charge is 2.32. The second kappa shape index (κ2) is 8.65. The summed E-state index contributed by atoms with van der Waals surface area (Å²) in [6.07, 6.45) is 1.49. The van der Waals surface area contributed by atoms with Gasteiger partial charge < -0.3 is 14.3 Å². The Kier molecular flexibility index (Phi) is 5.32. The number of carbonyl (C=O) groups excluding carboxylic acids is 2. The van der Waals surface area contributed by atoms with Crippen LogP contribution < -0.4 is 0 Å². The summed E-state index contributed by atoms with van der Waals surface area (Å²) in [7, 11) is 0. The monoisotopic (exact) mass is 466 g/mol. The zero-order valence-electron chi connectivity index (χ0n) is 19.6. The van der Waals surface area contributed by atoms with E-state index in [1.807, 2.05) is 65.3 Å². The molecule has 0 unspecified atom stereocenters. The van der Waals surface area contributed by atoms with Crippen molar-refractivity contribution in [1.29, 1.82) is 0 Å². The number of pyridine rings is 1. The predicted molar refractivity (Wildman–Crippen MR) is 131 cm³/mol. The highest BCUT2D eigenvalue weighted by atomic mass is 16.5. The Morgan fingerprint density at radius 3 is 2.29 bits per heavy atom. The van der Waals surface area contributed by atoms with Crippen LogP contribution in [-0.4, -0.2) is 44.8 Å². The number of aromatic nitrogens is 2. The van der Waals surface area contributed by atoms with Gasteiger partial charge in [0.1, 0.15) is 5.52 Å². The SMILES string of the molecule is Cc1ccc(C(=O)N2Cc3ccccc3C2)c(C2CCN(C(=O)c3onc4ccccc34)CC2)n1. The summed E-state index contributed by atoms with van der Waals surface area (Å²) in [5.41, 5.74) is 5.51. The molecule has 2 aromatic carbocycles. The Hall–Kier alpha value is -4.00. The number of hydrogen-bond acceptors (Lipinski definition) is 5. The predicted octanol–water partition coefficient (Wildman–Crippen LogP) is 4.71. The van der Waals surface area contributed by atoms with Crippen LogP contribution in [-0.2, 0) is 13.1 Å². The van der Waals surface area contributed by atoms with Crippen molar-refractivity contribution in [2.24, 2.45) is 0 Å². The zero-order chi connectivity index (χ0) is 23.9. The fourth-order valence-electron chi connectivity index (χ4n) is 5.26. The number of likely N-dealkylation sites (tertiary alicyclic amines) is 1. The molecule has 0 spiro atoms. The third-order valence-corrected chi connectivity index (χ3v) is 7.17. The fourth-order valence-corrected chi connectivity index (χ4v) is 5.26. The minimum Gasteiger partial charge on any atom is -0.350 e. The maximum atomic E-state index is 13.5. The topological polar surface area (TPSA) is 79.5 Å². The number of nitrogens with zero attached hydrogens (tertiary/aromatic N) is 4. The number of piperidine rings is 1. The third kappa shape index (κ3) is 3.87. The summed E-state index contributed by atoms with van der Waals surface area (Å²) in [5.74, 6) is 0.294. The Morgan fingerprint density at radius 1 is 0.857 bits per heavy atom. The van der Waals surface area contributed by atoms with Gasteiger partial charge in [0.05, 0.1) is 16.6 Å². The third-order valence-electron chi connectivity index (χ3n) is 7.17. The van der Waals surface area contributed by atoms with Gasteiger partial charge in [-0.25, -0.2) is 0 Å². The van der Waals surface area contributed by atoms with Crippen LogP contribution in [0.25, 0.3) is 10.9 Å². The van der Waals surface area contributed by atoms with Crippen molar-refractivity contribution in [3.05, 3.63) is 94.5 Å². The minimum atomic E-state index is -0.138. The van der Waals surface area contributed by atoms with Gasteiger partial charge in [-0.3, -0.25) is 14.6 Å². The van der Waals surface area contributed by atoms with Gasteiger partial charge in [-0.05, 0) is 55.2 Å². The van der Waals surface area contributed by atoms with E-state index in [4.69, 9.17) is 9.51 Å². The lowest BCUT2D eigenvalue weighted by Gasteiger charge is -2.32. The largest absolute Gasteiger partial charge is 0.350 e. The molecule has 1 saturated heterocycles. The van der Waals surface area contributed by atoms with Crippen molar-refractivity contribution in [3.8, 4) is 0 Å². The summed E-state index contributed by atoms with van der Waals surface area (Å²) in [5, 5.41) is 4.75. The highest BCUT2D eigenvalue weighted by molar-refractivity contribution is 6.03. The molecule has 0 aliphatic carbocycles. The first-order chi connectivity index (χ1) is 17.1. The molecular weight excluding hydrogens is 440 g/mol. The van der Waals surface area contributed by atoms with Gasteiger partial charge in [0, 0.05) is 37.8 Å². The van der Waals surface area contributed by atoms with Crippen LogP contribution in [0.4, 0.5) is 0 Å². The molecule has 2 aliphatic rings. The molecule has 0 N–H and O–H groups in total. The average molecular weight is 467 g/mol. The van der Waals surface area contributed by atoms with Crippen molar-refractivity contribution < 1.29 is 14.1 Å². The van der Waals surface area contributed by atoms with E-state index in [1.165, 1.54) is 11.1 Å². The Morgan fingerprint density at radius 2 is 1.54 bits per heavy atom. The summed E-state index contributed by atoms with van der Waals surface area (Å²) in [6.45, 7) is 4.37. The Balaban J connectivity index is 1.19. The molecular formula is C28H26N4O3. The molecule has 176 valence electrons. The minimum absolute atomic E-state index is 0.0235. The van der Waals surface area contributed by atoms with Gasteiger partial charge in [-0.2, -0.15) is 0 Å². The average Bonchev–Trinajstić information content (AvgIpc) is 3.52. The molecule has 0 radical (unpaired) electrons. The van der Waals surface area contributed by atoms with Gasteiger partial charge in [-0.15, -0.1) is 0 Å². The fraction of sp³-hybridized carbons (Fsp3) is 0.286. The molecule has 0 saturated carbocycles. The van der Waals surface area contributed by atoms with Crippen LogP contribution in [0.1, 0.15) is 62.2 Å². The standard InChI is InChI=1S/C28H26N4O3/c1-18-10-11-23(27(33)32-16-20-6-2-3-7-21(20)17-32)25(29-18)19-12-14-31(15-13-19)28(34)26-22-8-4-5-9-24(22)30-35-26/h2-11,19H,12-17H2,1H3. The summed E-state index contributed by atoms with van der Waals surface area (Å²) < 4.78 is 5.39. The van der Waals surface area contributed by atoms with Gasteiger partial charge >= 0.3 is 0 Å². The van der Waals surface area contributed by atoms with E-state index < -0.39 is 0 Å². The summed E-state index contributed by atoms with van der Waals surface area (Å²) in [4.78, 5) is 35.2. The lowest BCUT2D eigenvalue weighted by atomic mass is 9.89. The van der Waals surface area contributed by atoms with Crippen LogP contribution in [0.2, 0.25) is 0 Å². The molecule has 0 atom stereocenters. The molecule has 6 rings (SSSR count). The number of carbonyl (C=O) groups is 2. The molecule has 4 aromatic rings. The molecule has 35 heavy (non-hydrogen) atoms. The van der Waals surface area contributed by atoms with E-state index in [9.17, 15) is 9.59 Å². The zero-order valence-corrected chi connectivity index (χ0v) is 19.6. The first-order valence-corrected chi connectivity index (χ1v) is 12.1. The summed E-state index contributed by atoms with van der Waals surface area (Å²) >= 11 is 0. The normalized spacial score (nSPS) is 16.0. The van der Waals surface area contributed by atoms with Crippen molar-refractivity contribution >= 4 is 22.7 Å². The molecule has 2 aromatic heterocycles. The van der Waals surface area contributed by atoms with Gasteiger partial charge in [0.2, 0.25) is 5.76 Å². The van der Waals surface area contributed by atoms with Crippen LogP contribution in [0.3, 0.4) is 0 Å². The molecule has 0 bridgehead atoms. The van der Waals surface area contributed by atoms with Crippen molar-refractivity contribution in [2.75, 3.05) is 13.1 Å². The second-order valence-electron chi connectivity index (χ2n) is 9.41. The summed E-state index contributed by atoms with van der Waals surface area (Å²) in [6, 6.07) is 19.5. The lowest BCUT2D eigenvalue weighted by molar-refractivity contribution is 0.0668. The highest BCUT2D eigenvalue weighted by Crippen LogP contribution is 2.33. The van der Waals surface area contributed by atoms with Crippen molar-refractivity contribution in [2.45, 2.75) is 38.8 Å². The molecule has 2 aliphatic heterocycles. The first-order valence-electron chi connectivity index (χ1n) is 12.1. The maximum absolute atomic E-state index is 13.5. The van der Waals surface area contributed by atoms with Crippen LogP contribution >= 0.6 is 0 Å². The number of rotatable bonds is 3. The van der Waals surface area contributed by atoms with Crippen molar-refractivity contribution in [1.82, 2.24) is 19.9 Å². The molecule has 2 amide bonds. The number of fused-ring (bicyclic) bond motifs is 2. The van der Waals surface area contributed by atoms with Crippen LogP contribution in [0.15, 0.2) is 65.2 Å². The number of aryl methyl sites for hydroxylation is 1. The van der Waals surface area contributed by atoms with Gasteiger partial charge in [0.15, 0.2) is 0 Å². The van der Waals surface area contributed by atoms with E-state index in [-0.39, 0.29) is 23.5 Å². The van der Waals surface area contributed by atoms with E-state index in [1.54, 1.807) is 0 Å². The molecule has 4 heterocycles. The number of amides is 2. The van der Waals surface area contributed by atoms with E-state index >= 15 is 0 Å². The lowest BCUT2D eigenvalue weighted by Crippen LogP contribution is -2.38.